The Bertz CT molecular complexity index is 628. The maximum atomic E-state index is 13.1. The zero-order chi connectivity index (χ0) is 16.2. The van der Waals surface area contributed by atoms with Gasteiger partial charge in [0, 0.05) is 12.7 Å². The third kappa shape index (κ3) is 3.88. The Morgan fingerprint density at radius 2 is 2.14 bits per heavy atom. The first-order valence-electron chi connectivity index (χ1n) is 6.43. The molecule has 0 atom stereocenters. The van der Waals surface area contributed by atoms with Crippen molar-refractivity contribution in [3.8, 4) is 5.75 Å². The SMILES string of the molecule is Cn1cnnc1CNc1ccc(OCCO)cc1C(F)(F)F. The Morgan fingerprint density at radius 3 is 2.73 bits per heavy atom. The Balaban J connectivity index is 2.20. The number of benzene rings is 1. The predicted molar refractivity (Wildman–Crippen MR) is 72.4 cm³/mol. The van der Waals surface area contributed by atoms with Gasteiger partial charge in [0.1, 0.15) is 18.7 Å². The van der Waals surface area contributed by atoms with Gasteiger partial charge in [-0.15, -0.1) is 10.2 Å². The van der Waals surface area contributed by atoms with Crippen molar-refractivity contribution in [2.24, 2.45) is 7.05 Å². The van der Waals surface area contributed by atoms with Gasteiger partial charge >= 0.3 is 6.18 Å². The summed E-state index contributed by atoms with van der Waals surface area (Å²) in [4.78, 5) is 0. The average molecular weight is 316 g/mol. The summed E-state index contributed by atoms with van der Waals surface area (Å²) in [5.41, 5.74) is -0.919. The second kappa shape index (κ2) is 6.65. The molecule has 0 aliphatic carbocycles. The van der Waals surface area contributed by atoms with Crippen molar-refractivity contribution < 1.29 is 23.0 Å². The first-order chi connectivity index (χ1) is 10.4. The molecule has 9 heteroatoms. The Kier molecular flexibility index (Phi) is 4.86. The standard InChI is InChI=1S/C13H15F3N4O2/c1-20-8-18-19-12(20)7-17-11-3-2-9(22-5-4-21)6-10(11)13(14,15)16/h2-3,6,8,17,21H,4-5,7H2,1H3. The molecule has 120 valence electrons. The number of rotatable bonds is 6. The minimum absolute atomic E-state index is 0.0468. The van der Waals surface area contributed by atoms with Crippen molar-refractivity contribution in [3.63, 3.8) is 0 Å². The smallest absolute Gasteiger partial charge is 0.418 e. The summed E-state index contributed by atoms with van der Waals surface area (Å²) in [6, 6.07) is 3.59. The normalized spacial score (nSPS) is 11.5. The molecule has 2 rings (SSSR count). The van der Waals surface area contributed by atoms with E-state index in [1.165, 1.54) is 18.5 Å². The molecule has 0 spiro atoms. The van der Waals surface area contributed by atoms with Crippen LogP contribution in [-0.4, -0.2) is 33.1 Å². The summed E-state index contributed by atoms with van der Waals surface area (Å²) in [6.07, 6.45) is -3.06. The fourth-order valence-electron chi connectivity index (χ4n) is 1.81. The maximum absolute atomic E-state index is 13.1. The van der Waals surface area contributed by atoms with Gasteiger partial charge in [-0.25, -0.2) is 0 Å². The van der Waals surface area contributed by atoms with E-state index in [1.54, 1.807) is 11.6 Å². The van der Waals surface area contributed by atoms with Gasteiger partial charge in [-0.2, -0.15) is 13.2 Å². The van der Waals surface area contributed by atoms with Crippen LogP contribution in [0.25, 0.3) is 0 Å². The van der Waals surface area contributed by atoms with Crippen LogP contribution < -0.4 is 10.1 Å². The monoisotopic (exact) mass is 316 g/mol. The zero-order valence-electron chi connectivity index (χ0n) is 11.8. The number of aliphatic hydroxyl groups is 1. The molecular formula is C13H15F3N4O2. The minimum atomic E-state index is -4.53. The number of alkyl halides is 3. The second-order valence-corrected chi connectivity index (χ2v) is 4.49. The van der Waals surface area contributed by atoms with Gasteiger partial charge in [-0.1, -0.05) is 0 Å². The minimum Gasteiger partial charge on any atom is -0.491 e. The molecule has 2 N–H and O–H groups in total. The van der Waals surface area contributed by atoms with Crippen LogP contribution >= 0.6 is 0 Å². The zero-order valence-corrected chi connectivity index (χ0v) is 11.8. The highest BCUT2D eigenvalue weighted by Gasteiger charge is 2.34. The van der Waals surface area contributed by atoms with Crippen LogP contribution in [-0.2, 0) is 19.8 Å². The highest BCUT2D eigenvalue weighted by atomic mass is 19.4. The van der Waals surface area contributed by atoms with Gasteiger partial charge in [-0.05, 0) is 18.2 Å². The molecule has 0 fully saturated rings. The van der Waals surface area contributed by atoms with Gasteiger partial charge in [0.15, 0.2) is 5.82 Å². The van der Waals surface area contributed by atoms with E-state index >= 15 is 0 Å². The molecule has 1 aromatic carbocycles. The van der Waals surface area contributed by atoms with Crippen LogP contribution in [0.2, 0.25) is 0 Å². The lowest BCUT2D eigenvalue weighted by Crippen LogP contribution is -2.13. The first-order valence-corrected chi connectivity index (χ1v) is 6.43. The largest absolute Gasteiger partial charge is 0.491 e. The van der Waals surface area contributed by atoms with Crippen LogP contribution in [0.3, 0.4) is 0 Å². The Morgan fingerprint density at radius 1 is 1.36 bits per heavy atom. The van der Waals surface area contributed by atoms with E-state index in [0.29, 0.717) is 5.82 Å². The number of nitrogens with one attached hydrogen (secondary N) is 1. The number of hydrogen-bond donors (Lipinski definition) is 2. The molecule has 1 heterocycles. The third-order valence-corrected chi connectivity index (χ3v) is 2.90. The van der Waals surface area contributed by atoms with Gasteiger partial charge in [-0.3, -0.25) is 0 Å². The van der Waals surface area contributed by atoms with Crippen molar-refractivity contribution in [3.05, 3.63) is 35.9 Å². The van der Waals surface area contributed by atoms with E-state index in [2.05, 4.69) is 15.5 Å². The van der Waals surface area contributed by atoms with Gasteiger partial charge in [0.25, 0.3) is 0 Å². The van der Waals surface area contributed by atoms with Crippen LogP contribution in [0.1, 0.15) is 11.4 Å². The van der Waals surface area contributed by atoms with Gasteiger partial charge in [0.2, 0.25) is 0 Å². The third-order valence-electron chi connectivity index (χ3n) is 2.90. The number of anilines is 1. The molecular weight excluding hydrogens is 301 g/mol. The van der Waals surface area contributed by atoms with E-state index in [1.807, 2.05) is 0 Å². The molecule has 1 aromatic heterocycles. The molecule has 0 aliphatic heterocycles. The van der Waals surface area contributed by atoms with Gasteiger partial charge < -0.3 is 19.7 Å². The van der Waals surface area contributed by atoms with Gasteiger partial charge in [0.05, 0.1) is 18.7 Å². The number of nitrogens with zero attached hydrogens (tertiary/aromatic N) is 3. The number of halogens is 3. The van der Waals surface area contributed by atoms with Crippen molar-refractivity contribution in [1.29, 1.82) is 0 Å². The number of aryl methyl sites for hydroxylation is 1. The lowest BCUT2D eigenvalue weighted by atomic mass is 10.1. The van der Waals surface area contributed by atoms with E-state index in [-0.39, 0.29) is 31.2 Å². The molecule has 0 unspecified atom stereocenters. The van der Waals surface area contributed by atoms with Crippen LogP contribution in [0.5, 0.6) is 5.75 Å². The Labute approximate surface area is 124 Å². The lowest BCUT2D eigenvalue weighted by Gasteiger charge is -2.16. The summed E-state index contributed by atoms with van der Waals surface area (Å²) in [5, 5.41) is 18.8. The van der Waals surface area contributed by atoms with Crippen LogP contribution in [0.4, 0.5) is 18.9 Å². The predicted octanol–water partition coefficient (Wildman–Crippen LogP) is 1.82. The highest BCUT2D eigenvalue weighted by Crippen LogP contribution is 2.37. The maximum Gasteiger partial charge on any atom is 0.418 e. The fourth-order valence-corrected chi connectivity index (χ4v) is 1.81. The van der Waals surface area contributed by atoms with E-state index < -0.39 is 11.7 Å². The highest BCUT2D eigenvalue weighted by molar-refractivity contribution is 5.55. The van der Waals surface area contributed by atoms with Crippen molar-refractivity contribution in [2.75, 3.05) is 18.5 Å². The van der Waals surface area contributed by atoms with Crippen LogP contribution in [0, 0.1) is 0 Å². The molecule has 6 nitrogen and oxygen atoms in total. The van der Waals surface area contributed by atoms with Crippen molar-refractivity contribution in [1.82, 2.24) is 14.8 Å². The summed E-state index contributed by atoms with van der Waals surface area (Å²) >= 11 is 0. The van der Waals surface area contributed by atoms with E-state index in [0.717, 1.165) is 6.07 Å². The second-order valence-electron chi connectivity index (χ2n) is 4.49. The molecule has 0 bridgehead atoms. The molecule has 22 heavy (non-hydrogen) atoms. The lowest BCUT2D eigenvalue weighted by molar-refractivity contribution is -0.137. The summed E-state index contributed by atoms with van der Waals surface area (Å²) in [5.74, 6) is 0.555. The topological polar surface area (TPSA) is 72.2 Å². The number of aliphatic hydroxyl groups excluding tert-OH is 1. The summed E-state index contributed by atoms with van der Waals surface area (Å²) in [7, 11) is 1.70. The van der Waals surface area contributed by atoms with E-state index in [9.17, 15) is 13.2 Å². The fraction of sp³-hybridized carbons (Fsp3) is 0.385. The summed E-state index contributed by atoms with van der Waals surface area (Å²) < 4.78 is 46.0. The molecule has 2 aromatic rings. The number of ether oxygens (including phenoxy) is 1. The molecule has 0 saturated carbocycles. The summed E-state index contributed by atoms with van der Waals surface area (Å²) in [6.45, 7) is -0.229. The van der Waals surface area contributed by atoms with Crippen molar-refractivity contribution in [2.45, 2.75) is 12.7 Å². The number of hydrogen-bond acceptors (Lipinski definition) is 5. The molecule has 0 saturated heterocycles. The van der Waals surface area contributed by atoms with Crippen LogP contribution in [0.15, 0.2) is 24.5 Å². The Hall–Kier alpha value is -2.29. The van der Waals surface area contributed by atoms with Crippen molar-refractivity contribution >= 4 is 5.69 Å². The molecule has 0 amide bonds. The molecule has 0 aliphatic rings. The molecule has 0 radical (unpaired) electrons. The number of aromatic nitrogens is 3. The average Bonchev–Trinajstić information content (AvgIpc) is 2.87. The first kappa shape index (κ1) is 16.1. The quantitative estimate of drug-likeness (QED) is 0.850. The van der Waals surface area contributed by atoms with E-state index in [4.69, 9.17) is 9.84 Å².